The van der Waals surface area contributed by atoms with Gasteiger partial charge in [0.05, 0.1) is 25.4 Å². The van der Waals surface area contributed by atoms with Crippen LogP contribution in [0.25, 0.3) is 0 Å². The number of aliphatic hydroxyl groups excluding tert-OH is 1. The molecule has 0 aromatic heterocycles. The molecule has 2 rings (SSSR count). The first kappa shape index (κ1) is 18.2. The number of nitrogens with one attached hydrogen (secondary N) is 1. The van der Waals surface area contributed by atoms with Gasteiger partial charge in [0.15, 0.2) is 0 Å². The van der Waals surface area contributed by atoms with Gasteiger partial charge < -0.3 is 15.2 Å². The number of likely N-dealkylation sites (tertiary alicyclic amines) is 1. The second-order valence-electron chi connectivity index (χ2n) is 5.87. The molecule has 1 saturated heterocycles. The Balaban J connectivity index is 1.80. The van der Waals surface area contributed by atoms with E-state index in [4.69, 9.17) is 21.4 Å². The highest BCUT2D eigenvalue weighted by Gasteiger charge is 2.27. The Morgan fingerprint density at radius 3 is 2.91 bits per heavy atom. The fraction of sp³-hybridized carbons (Fsp3) is 0.588. The monoisotopic (exact) mass is 340 g/mol. The zero-order valence-corrected chi connectivity index (χ0v) is 14.3. The molecule has 1 amide bonds. The van der Waals surface area contributed by atoms with E-state index in [1.165, 1.54) is 0 Å². The summed E-state index contributed by atoms with van der Waals surface area (Å²) in [6, 6.07) is 7.27. The van der Waals surface area contributed by atoms with Crippen molar-refractivity contribution in [2.45, 2.75) is 38.5 Å². The summed E-state index contributed by atoms with van der Waals surface area (Å²) in [5, 5.41) is 12.5. The third-order valence-electron chi connectivity index (χ3n) is 4.16. The lowest BCUT2D eigenvalue weighted by Gasteiger charge is -2.35. The minimum atomic E-state index is -0.192. The summed E-state index contributed by atoms with van der Waals surface area (Å²) in [5.74, 6) is 0.0164. The van der Waals surface area contributed by atoms with Gasteiger partial charge in [-0.1, -0.05) is 23.7 Å². The number of carbonyl (C=O) groups excluding carboxylic acids is 1. The Morgan fingerprint density at radius 2 is 2.22 bits per heavy atom. The van der Waals surface area contributed by atoms with E-state index in [0.717, 1.165) is 31.5 Å². The van der Waals surface area contributed by atoms with Gasteiger partial charge >= 0.3 is 0 Å². The first-order valence-electron chi connectivity index (χ1n) is 8.09. The highest BCUT2D eigenvalue weighted by molar-refractivity contribution is 6.30. The molecule has 2 atom stereocenters. The van der Waals surface area contributed by atoms with Crippen LogP contribution in [-0.2, 0) is 16.1 Å². The maximum atomic E-state index is 12.3. The van der Waals surface area contributed by atoms with Crippen LogP contribution in [0.2, 0.25) is 5.02 Å². The number of carbonyl (C=O) groups is 1. The third kappa shape index (κ3) is 5.77. The Morgan fingerprint density at radius 1 is 1.48 bits per heavy atom. The highest BCUT2D eigenvalue weighted by Crippen LogP contribution is 2.16. The number of nitrogens with zero attached hydrogens (tertiary/aromatic N) is 1. The van der Waals surface area contributed by atoms with Crippen LogP contribution in [-0.4, -0.2) is 54.4 Å². The van der Waals surface area contributed by atoms with Crippen LogP contribution < -0.4 is 5.32 Å². The lowest BCUT2D eigenvalue weighted by Crippen LogP contribution is -2.50. The molecule has 1 aliphatic heterocycles. The summed E-state index contributed by atoms with van der Waals surface area (Å²) >= 11 is 5.85. The standard InChI is InChI=1S/C17H25ClN2O3/c1-13(20-8-2-3-16(12-20)23-10-9-21)17(22)19-11-14-4-6-15(18)7-5-14/h4-7,13,16,21H,2-3,8-12H2,1H3,(H,19,22)/t13-,16-/m1/s1. The number of piperidine rings is 1. The van der Waals surface area contributed by atoms with Gasteiger partial charge in [0.2, 0.25) is 5.91 Å². The van der Waals surface area contributed by atoms with E-state index in [2.05, 4.69) is 10.2 Å². The molecule has 128 valence electrons. The van der Waals surface area contributed by atoms with Gasteiger partial charge in [-0.05, 0) is 44.0 Å². The number of benzene rings is 1. The molecule has 0 bridgehead atoms. The predicted octanol–water partition coefficient (Wildman–Crippen LogP) is 1.82. The number of halogens is 1. The molecule has 5 nitrogen and oxygen atoms in total. The van der Waals surface area contributed by atoms with E-state index in [0.29, 0.717) is 18.2 Å². The fourth-order valence-electron chi connectivity index (χ4n) is 2.78. The van der Waals surface area contributed by atoms with Crippen molar-refractivity contribution in [3.8, 4) is 0 Å². The summed E-state index contributed by atoms with van der Waals surface area (Å²) in [5.41, 5.74) is 1.03. The maximum absolute atomic E-state index is 12.3. The smallest absolute Gasteiger partial charge is 0.237 e. The van der Waals surface area contributed by atoms with Crippen molar-refractivity contribution < 1.29 is 14.6 Å². The molecule has 2 N–H and O–H groups in total. The van der Waals surface area contributed by atoms with Gasteiger partial charge in [-0.2, -0.15) is 0 Å². The van der Waals surface area contributed by atoms with Crippen LogP contribution in [0, 0.1) is 0 Å². The number of hydrogen-bond donors (Lipinski definition) is 2. The molecule has 0 unspecified atom stereocenters. The first-order chi connectivity index (χ1) is 11.1. The average Bonchev–Trinajstić information content (AvgIpc) is 2.58. The summed E-state index contributed by atoms with van der Waals surface area (Å²) in [6.07, 6.45) is 2.09. The van der Waals surface area contributed by atoms with Gasteiger partial charge in [-0.3, -0.25) is 9.69 Å². The molecule has 1 aromatic rings. The largest absolute Gasteiger partial charge is 0.394 e. The molecule has 1 fully saturated rings. The average molecular weight is 341 g/mol. The SMILES string of the molecule is C[C@H](C(=O)NCc1ccc(Cl)cc1)N1CCC[C@@H](OCCO)C1. The van der Waals surface area contributed by atoms with Crippen LogP contribution >= 0.6 is 11.6 Å². The van der Waals surface area contributed by atoms with Gasteiger partial charge in [0.25, 0.3) is 0 Å². The molecule has 1 heterocycles. The molecule has 0 radical (unpaired) electrons. The normalized spacial score (nSPS) is 20.2. The number of aliphatic hydroxyl groups is 1. The van der Waals surface area contributed by atoms with Gasteiger partial charge in [-0.15, -0.1) is 0 Å². The molecule has 23 heavy (non-hydrogen) atoms. The number of ether oxygens (including phenoxy) is 1. The highest BCUT2D eigenvalue weighted by atomic mass is 35.5. The Bertz CT molecular complexity index is 495. The van der Waals surface area contributed by atoms with Crippen molar-refractivity contribution >= 4 is 17.5 Å². The molecular formula is C17H25ClN2O3. The molecule has 6 heteroatoms. The number of amides is 1. The van der Waals surface area contributed by atoms with Gasteiger partial charge in [0.1, 0.15) is 0 Å². The minimum Gasteiger partial charge on any atom is -0.394 e. The minimum absolute atomic E-state index is 0.0164. The van der Waals surface area contributed by atoms with Gasteiger partial charge in [-0.25, -0.2) is 0 Å². The second-order valence-corrected chi connectivity index (χ2v) is 6.31. The fourth-order valence-corrected chi connectivity index (χ4v) is 2.90. The lowest BCUT2D eigenvalue weighted by atomic mass is 10.1. The topological polar surface area (TPSA) is 61.8 Å². The van der Waals surface area contributed by atoms with Crippen molar-refractivity contribution in [3.05, 3.63) is 34.9 Å². The van der Waals surface area contributed by atoms with E-state index in [1.54, 1.807) is 0 Å². The molecule has 0 saturated carbocycles. The predicted molar refractivity (Wildman–Crippen MR) is 90.4 cm³/mol. The Kier molecular flexibility index (Phi) is 7.30. The lowest BCUT2D eigenvalue weighted by molar-refractivity contribution is -0.127. The number of hydrogen-bond acceptors (Lipinski definition) is 4. The quantitative estimate of drug-likeness (QED) is 0.795. The van der Waals surface area contributed by atoms with Crippen LogP contribution in [0.5, 0.6) is 0 Å². The van der Waals surface area contributed by atoms with E-state index in [9.17, 15) is 4.79 Å². The summed E-state index contributed by atoms with van der Waals surface area (Å²) in [7, 11) is 0. The van der Waals surface area contributed by atoms with Crippen molar-refractivity contribution in [2.75, 3.05) is 26.3 Å². The van der Waals surface area contributed by atoms with Crippen LogP contribution in [0.4, 0.5) is 0 Å². The third-order valence-corrected chi connectivity index (χ3v) is 4.41. The zero-order chi connectivity index (χ0) is 16.7. The van der Waals surface area contributed by atoms with Crippen molar-refractivity contribution in [2.24, 2.45) is 0 Å². The van der Waals surface area contributed by atoms with E-state index >= 15 is 0 Å². The molecule has 1 aliphatic rings. The van der Waals surface area contributed by atoms with Gasteiger partial charge in [0, 0.05) is 18.1 Å². The van der Waals surface area contributed by atoms with Crippen LogP contribution in [0.3, 0.4) is 0 Å². The molecule has 0 aliphatic carbocycles. The molecule has 0 spiro atoms. The van der Waals surface area contributed by atoms with E-state index < -0.39 is 0 Å². The Hall–Kier alpha value is -1.14. The van der Waals surface area contributed by atoms with Crippen LogP contribution in [0.15, 0.2) is 24.3 Å². The second kappa shape index (κ2) is 9.23. The molecular weight excluding hydrogens is 316 g/mol. The van der Waals surface area contributed by atoms with E-state index in [-0.39, 0.29) is 24.7 Å². The number of rotatable bonds is 7. The van der Waals surface area contributed by atoms with Crippen molar-refractivity contribution in [3.63, 3.8) is 0 Å². The van der Waals surface area contributed by atoms with Crippen molar-refractivity contribution in [1.82, 2.24) is 10.2 Å². The van der Waals surface area contributed by atoms with E-state index in [1.807, 2.05) is 31.2 Å². The zero-order valence-electron chi connectivity index (χ0n) is 13.5. The summed E-state index contributed by atoms with van der Waals surface area (Å²) < 4.78 is 5.60. The molecule has 1 aromatic carbocycles. The van der Waals surface area contributed by atoms with Crippen molar-refractivity contribution in [1.29, 1.82) is 0 Å². The van der Waals surface area contributed by atoms with Crippen LogP contribution in [0.1, 0.15) is 25.3 Å². The summed E-state index contributed by atoms with van der Waals surface area (Å²) in [6.45, 7) is 4.44. The summed E-state index contributed by atoms with van der Waals surface area (Å²) in [4.78, 5) is 14.5. The Labute approximate surface area is 142 Å². The maximum Gasteiger partial charge on any atom is 0.237 e. The first-order valence-corrected chi connectivity index (χ1v) is 8.46.